The smallest absolute Gasteiger partial charge is 0.221 e. The zero-order chi connectivity index (χ0) is 13.8. The molecule has 0 aliphatic rings. The van der Waals surface area contributed by atoms with E-state index in [0.29, 0.717) is 18.0 Å². The second-order valence-electron chi connectivity index (χ2n) is 4.08. The maximum Gasteiger partial charge on any atom is 0.221 e. The van der Waals surface area contributed by atoms with Crippen molar-refractivity contribution < 1.29 is 9.53 Å². The van der Waals surface area contributed by atoms with Crippen molar-refractivity contribution >= 4 is 11.6 Å². The van der Waals surface area contributed by atoms with Gasteiger partial charge in [0.2, 0.25) is 5.91 Å². The first kappa shape index (κ1) is 13.1. The first-order valence-electron chi connectivity index (χ1n) is 5.84. The van der Waals surface area contributed by atoms with E-state index >= 15 is 0 Å². The lowest BCUT2D eigenvalue weighted by atomic mass is 10.1. The molecular weight excluding hydrogens is 244 g/mol. The number of hydrogen-bond donors (Lipinski definition) is 3. The van der Waals surface area contributed by atoms with Crippen molar-refractivity contribution in [3.8, 4) is 17.0 Å². The van der Waals surface area contributed by atoms with E-state index in [9.17, 15) is 4.79 Å². The topological polar surface area (TPSA) is 93.0 Å². The molecule has 0 aliphatic heterocycles. The fourth-order valence-electron chi connectivity index (χ4n) is 1.79. The van der Waals surface area contributed by atoms with Crippen molar-refractivity contribution in [3.05, 3.63) is 30.0 Å². The highest BCUT2D eigenvalue weighted by Crippen LogP contribution is 2.31. The Bertz CT molecular complexity index is 592. The van der Waals surface area contributed by atoms with E-state index in [0.717, 1.165) is 17.0 Å². The third-order valence-corrected chi connectivity index (χ3v) is 2.65. The maximum absolute atomic E-state index is 11.1. The van der Waals surface area contributed by atoms with Crippen LogP contribution < -0.4 is 15.8 Å². The van der Waals surface area contributed by atoms with Crippen LogP contribution in [0.15, 0.2) is 24.3 Å². The van der Waals surface area contributed by atoms with Crippen molar-refractivity contribution in [1.82, 2.24) is 10.2 Å². The molecule has 1 heterocycles. The summed E-state index contributed by atoms with van der Waals surface area (Å²) in [6.45, 7) is 1.85. The summed E-state index contributed by atoms with van der Waals surface area (Å²) in [5.74, 6) is 0.560. The Morgan fingerprint density at radius 1 is 1.47 bits per heavy atom. The van der Waals surface area contributed by atoms with E-state index in [1.54, 1.807) is 19.2 Å². The zero-order valence-corrected chi connectivity index (χ0v) is 10.9. The number of aromatic amines is 1. The number of anilines is 1. The van der Waals surface area contributed by atoms with Gasteiger partial charge in [0.15, 0.2) is 0 Å². The first-order valence-corrected chi connectivity index (χ1v) is 5.84. The molecule has 6 heteroatoms. The number of rotatable bonds is 4. The summed E-state index contributed by atoms with van der Waals surface area (Å²) in [6, 6.07) is 7.24. The van der Waals surface area contributed by atoms with Crippen LogP contribution in [0.25, 0.3) is 11.3 Å². The van der Waals surface area contributed by atoms with Gasteiger partial charge in [0.1, 0.15) is 5.75 Å². The van der Waals surface area contributed by atoms with Crippen LogP contribution in [0.5, 0.6) is 5.75 Å². The van der Waals surface area contributed by atoms with Gasteiger partial charge in [-0.1, -0.05) is 0 Å². The van der Waals surface area contributed by atoms with Gasteiger partial charge in [-0.05, 0) is 24.3 Å². The van der Waals surface area contributed by atoms with Gasteiger partial charge >= 0.3 is 0 Å². The number of nitrogens with two attached hydrogens (primary N) is 1. The molecule has 4 N–H and O–H groups in total. The van der Waals surface area contributed by atoms with Gasteiger partial charge in [0.05, 0.1) is 12.8 Å². The highest BCUT2D eigenvalue weighted by molar-refractivity contribution is 5.90. The number of ether oxygens (including phenoxy) is 1. The molecule has 0 saturated carbocycles. The van der Waals surface area contributed by atoms with Crippen molar-refractivity contribution in [2.24, 2.45) is 5.73 Å². The van der Waals surface area contributed by atoms with Crippen LogP contribution in [0, 0.1) is 0 Å². The number of H-pyrrole nitrogens is 1. The monoisotopic (exact) mass is 260 g/mol. The fraction of sp³-hybridized carbons (Fsp3) is 0.231. The van der Waals surface area contributed by atoms with Crippen LogP contribution in [-0.4, -0.2) is 23.2 Å². The third-order valence-electron chi connectivity index (χ3n) is 2.65. The molecule has 1 aromatic carbocycles. The SMILES string of the molecule is COc1ccc(NC(C)=O)cc1-c1cc(CN)[nH]n1. The van der Waals surface area contributed by atoms with Gasteiger partial charge < -0.3 is 15.8 Å². The van der Waals surface area contributed by atoms with Crippen molar-refractivity contribution in [3.63, 3.8) is 0 Å². The van der Waals surface area contributed by atoms with E-state index in [2.05, 4.69) is 15.5 Å². The van der Waals surface area contributed by atoms with Crippen LogP contribution in [0.2, 0.25) is 0 Å². The molecule has 0 bridgehead atoms. The molecule has 0 fully saturated rings. The molecule has 0 atom stereocenters. The minimum Gasteiger partial charge on any atom is -0.496 e. The average molecular weight is 260 g/mol. The lowest BCUT2D eigenvalue weighted by Gasteiger charge is -2.09. The normalized spacial score (nSPS) is 10.3. The summed E-state index contributed by atoms with van der Waals surface area (Å²) >= 11 is 0. The summed E-state index contributed by atoms with van der Waals surface area (Å²) in [4.78, 5) is 11.1. The minimum atomic E-state index is -0.124. The summed E-state index contributed by atoms with van der Waals surface area (Å²) in [5, 5.41) is 9.77. The molecule has 19 heavy (non-hydrogen) atoms. The van der Waals surface area contributed by atoms with E-state index < -0.39 is 0 Å². The molecule has 2 rings (SSSR count). The van der Waals surface area contributed by atoms with Crippen LogP contribution in [0.1, 0.15) is 12.6 Å². The number of methoxy groups -OCH3 is 1. The van der Waals surface area contributed by atoms with Gasteiger partial charge in [-0.15, -0.1) is 0 Å². The van der Waals surface area contributed by atoms with Crippen LogP contribution in [-0.2, 0) is 11.3 Å². The summed E-state index contributed by atoms with van der Waals surface area (Å²) in [7, 11) is 1.59. The molecule has 1 aromatic heterocycles. The molecule has 2 aromatic rings. The lowest BCUT2D eigenvalue weighted by Crippen LogP contribution is -2.05. The Balaban J connectivity index is 2.43. The number of hydrogen-bond acceptors (Lipinski definition) is 4. The summed E-state index contributed by atoms with van der Waals surface area (Å²) in [6.07, 6.45) is 0. The maximum atomic E-state index is 11.1. The van der Waals surface area contributed by atoms with Crippen molar-refractivity contribution in [2.45, 2.75) is 13.5 Å². The molecule has 0 saturated heterocycles. The number of aromatic nitrogens is 2. The molecular formula is C13H16N4O2. The summed E-state index contributed by atoms with van der Waals surface area (Å²) in [5.41, 5.74) is 8.60. The quantitative estimate of drug-likeness (QED) is 0.776. The summed E-state index contributed by atoms with van der Waals surface area (Å²) < 4.78 is 5.30. The van der Waals surface area contributed by atoms with E-state index in [1.807, 2.05) is 12.1 Å². The van der Waals surface area contributed by atoms with Crippen LogP contribution >= 0.6 is 0 Å². The van der Waals surface area contributed by atoms with Crippen molar-refractivity contribution in [1.29, 1.82) is 0 Å². The standard InChI is InChI=1S/C13H16N4O2/c1-8(18)15-9-3-4-13(19-2)11(5-9)12-6-10(7-14)16-17-12/h3-6H,7,14H2,1-2H3,(H,15,18)(H,16,17). The predicted molar refractivity (Wildman–Crippen MR) is 72.8 cm³/mol. The molecule has 6 nitrogen and oxygen atoms in total. The Labute approximate surface area is 111 Å². The highest BCUT2D eigenvalue weighted by atomic mass is 16.5. The number of amides is 1. The van der Waals surface area contributed by atoms with Crippen molar-refractivity contribution in [2.75, 3.05) is 12.4 Å². The second-order valence-corrected chi connectivity index (χ2v) is 4.08. The van der Waals surface area contributed by atoms with E-state index in [1.165, 1.54) is 6.92 Å². The number of benzene rings is 1. The van der Waals surface area contributed by atoms with Gasteiger partial charge in [-0.25, -0.2) is 0 Å². The average Bonchev–Trinajstić information content (AvgIpc) is 2.86. The van der Waals surface area contributed by atoms with Gasteiger partial charge in [-0.2, -0.15) is 5.10 Å². The Hall–Kier alpha value is -2.34. The Kier molecular flexibility index (Phi) is 3.82. The van der Waals surface area contributed by atoms with Crippen LogP contribution in [0.3, 0.4) is 0 Å². The largest absolute Gasteiger partial charge is 0.496 e. The third kappa shape index (κ3) is 2.92. The lowest BCUT2D eigenvalue weighted by molar-refractivity contribution is -0.114. The fourth-order valence-corrected chi connectivity index (χ4v) is 1.79. The van der Waals surface area contributed by atoms with Gasteiger partial charge in [0.25, 0.3) is 0 Å². The van der Waals surface area contributed by atoms with E-state index in [4.69, 9.17) is 10.5 Å². The number of nitrogens with one attached hydrogen (secondary N) is 2. The Morgan fingerprint density at radius 2 is 2.26 bits per heavy atom. The second kappa shape index (κ2) is 5.53. The van der Waals surface area contributed by atoms with E-state index in [-0.39, 0.29) is 5.91 Å². The van der Waals surface area contributed by atoms with Crippen LogP contribution in [0.4, 0.5) is 5.69 Å². The molecule has 0 aliphatic carbocycles. The molecule has 1 amide bonds. The number of carbonyl (C=O) groups is 1. The minimum absolute atomic E-state index is 0.124. The number of nitrogens with zero attached hydrogens (tertiary/aromatic N) is 1. The Morgan fingerprint density at radius 3 is 2.84 bits per heavy atom. The van der Waals surface area contributed by atoms with Gasteiger partial charge in [-0.3, -0.25) is 9.89 Å². The molecule has 0 radical (unpaired) electrons. The molecule has 100 valence electrons. The predicted octanol–water partition coefficient (Wildman–Crippen LogP) is 1.50. The highest BCUT2D eigenvalue weighted by Gasteiger charge is 2.11. The molecule has 0 unspecified atom stereocenters. The zero-order valence-electron chi connectivity index (χ0n) is 10.9. The first-order chi connectivity index (χ1) is 9.13. The molecule has 0 spiro atoms. The number of carbonyl (C=O) groups excluding carboxylic acids is 1. The van der Waals surface area contributed by atoms with Gasteiger partial charge in [0, 0.05) is 30.4 Å².